The molecule has 0 saturated heterocycles. The van der Waals surface area contributed by atoms with Gasteiger partial charge in [0, 0.05) is 23.8 Å². The Morgan fingerprint density at radius 1 is 1.26 bits per heavy atom. The molecule has 0 saturated carbocycles. The number of carbonyl (C=O) groups excluding carboxylic acids is 2. The third kappa shape index (κ3) is 4.16. The van der Waals surface area contributed by atoms with E-state index in [4.69, 9.17) is 11.6 Å². The first kappa shape index (κ1) is 19.4. The molecule has 0 unspecified atom stereocenters. The van der Waals surface area contributed by atoms with Crippen molar-refractivity contribution in [3.8, 4) is 0 Å². The minimum absolute atomic E-state index is 0.215. The molecule has 0 bridgehead atoms. The Morgan fingerprint density at radius 3 is 2.78 bits per heavy atom. The van der Waals surface area contributed by atoms with Gasteiger partial charge in [0.15, 0.2) is 5.82 Å². The second-order valence-electron chi connectivity index (χ2n) is 7.31. The molecule has 0 spiro atoms. The van der Waals surface area contributed by atoms with Crippen LogP contribution >= 0.6 is 11.6 Å². The maximum atomic E-state index is 12.9. The molecule has 2 amide bonds. The van der Waals surface area contributed by atoms with Crippen molar-refractivity contribution in [3.63, 3.8) is 0 Å². The maximum absolute atomic E-state index is 12.9. The fourth-order valence-electron chi connectivity index (χ4n) is 3.20. The van der Waals surface area contributed by atoms with Gasteiger partial charge in [-0.15, -0.1) is 0 Å². The summed E-state index contributed by atoms with van der Waals surface area (Å²) in [5.41, 5.74) is 2.65. The van der Waals surface area contributed by atoms with Crippen molar-refractivity contribution in [1.82, 2.24) is 14.9 Å². The Kier molecular flexibility index (Phi) is 5.85. The summed E-state index contributed by atoms with van der Waals surface area (Å²) in [6.07, 6.45) is 2.71. The Hall–Kier alpha value is -2.34. The molecule has 2 heterocycles. The predicted molar refractivity (Wildman–Crippen MR) is 106 cm³/mol. The predicted octanol–water partition coefficient (Wildman–Crippen LogP) is 3.82. The number of nitrogens with zero attached hydrogens (tertiary/aromatic N) is 2. The van der Waals surface area contributed by atoms with E-state index in [2.05, 4.69) is 15.6 Å². The van der Waals surface area contributed by atoms with Gasteiger partial charge in [0.2, 0.25) is 0 Å². The summed E-state index contributed by atoms with van der Waals surface area (Å²) in [5, 5.41) is 6.37. The number of hydrogen-bond donors (Lipinski definition) is 2. The number of nitrogens with one attached hydrogen (secondary N) is 2. The summed E-state index contributed by atoms with van der Waals surface area (Å²) in [5.74, 6) is 0.0819. The van der Waals surface area contributed by atoms with E-state index < -0.39 is 0 Å². The highest BCUT2D eigenvalue weighted by atomic mass is 35.5. The fraction of sp³-hybridized carbons (Fsp3) is 0.450. The molecule has 7 heteroatoms. The van der Waals surface area contributed by atoms with Crippen LogP contribution < -0.4 is 10.6 Å². The van der Waals surface area contributed by atoms with Crippen LogP contribution in [0.4, 0.5) is 5.69 Å². The van der Waals surface area contributed by atoms with Gasteiger partial charge in [0.25, 0.3) is 11.8 Å². The van der Waals surface area contributed by atoms with Crippen LogP contribution in [-0.2, 0) is 13.0 Å². The van der Waals surface area contributed by atoms with Crippen molar-refractivity contribution in [2.75, 3.05) is 11.9 Å². The van der Waals surface area contributed by atoms with Gasteiger partial charge < -0.3 is 15.2 Å². The topological polar surface area (TPSA) is 76.0 Å². The molecule has 0 fully saturated rings. The van der Waals surface area contributed by atoms with E-state index in [1.807, 2.05) is 25.3 Å². The molecular formula is C20H25ClN4O2. The lowest BCUT2D eigenvalue weighted by Gasteiger charge is -2.17. The van der Waals surface area contributed by atoms with Gasteiger partial charge in [0.1, 0.15) is 5.69 Å². The minimum Gasteiger partial charge on any atom is -0.350 e. The fourth-order valence-corrected chi connectivity index (χ4v) is 3.37. The van der Waals surface area contributed by atoms with E-state index in [0.717, 1.165) is 30.5 Å². The Morgan fingerprint density at radius 2 is 2.04 bits per heavy atom. The number of imidazole rings is 1. The molecular weight excluding hydrogens is 364 g/mol. The lowest BCUT2D eigenvalue weighted by atomic mass is 10.1. The molecule has 144 valence electrons. The molecule has 27 heavy (non-hydrogen) atoms. The lowest BCUT2D eigenvalue weighted by Crippen LogP contribution is -2.29. The van der Waals surface area contributed by atoms with E-state index in [1.54, 1.807) is 18.2 Å². The van der Waals surface area contributed by atoms with Crippen LogP contribution in [-0.4, -0.2) is 27.9 Å². The van der Waals surface area contributed by atoms with Gasteiger partial charge in [-0.25, -0.2) is 4.98 Å². The smallest absolute Gasteiger partial charge is 0.291 e. The monoisotopic (exact) mass is 388 g/mol. The number of hydrogen-bond acceptors (Lipinski definition) is 3. The first-order valence-electron chi connectivity index (χ1n) is 9.32. The van der Waals surface area contributed by atoms with Crippen LogP contribution in [0.2, 0.25) is 5.02 Å². The summed E-state index contributed by atoms with van der Waals surface area (Å²) in [6.45, 7) is 7.19. The molecule has 0 atom stereocenters. The zero-order chi connectivity index (χ0) is 19.6. The summed E-state index contributed by atoms with van der Waals surface area (Å²) < 4.78 is 1.88. The van der Waals surface area contributed by atoms with Crippen molar-refractivity contribution in [2.24, 2.45) is 5.92 Å². The van der Waals surface area contributed by atoms with Crippen molar-refractivity contribution < 1.29 is 9.59 Å². The third-order valence-electron chi connectivity index (χ3n) is 4.72. The SMILES string of the molecule is Cc1c(Cl)cccc1NC(=O)c1nc(C(=O)NCC(C)C)c2n1CCCC2. The summed E-state index contributed by atoms with van der Waals surface area (Å²) in [4.78, 5) is 29.9. The van der Waals surface area contributed by atoms with Crippen LogP contribution in [0.15, 0.2) is 18.2 Å². The maximum Gasteiger partial charge on any atom is 0.291 e. The van der Waals surface area contributed by atoms with E-state index in [9.17, 15) is 9.59 Å². The van der Waals surface area contributed by atoms with Crippen molar-refractivity contribution >= 4 is 29.1 Å². The third-order valence-corrected chi connectivity index (χ3v) is 5.13. The summed E-state index contributed by atoms with van der Waals surface area (Å²) in [7, 11) is 0. The summed E-state index contributed by atoms with van der Waals surface area (Å²) >= 11 is 6.14. The zero-order valence-electron chi connectivity index (χ0n) is 15.9. The standard InChI is InChI=1S/C20H25ClN4O2/c1-12(2)11-22-19(26)17-16-9-4-5-10-25(16)18(24-17)20(27)23-15-8-6-7-14(21)13(15)3/h6-8,12H,4-5,9-11H2,1-3H3,(H,22,26)(H,23,27). The second-order valence-corrected chi connectivity index (χ2v) is 7.72. The van der Waals surface area contributed by atoms with Gasteiger partial charge in [-0.2, -0.15) is 0 Å². The molecule has 2 aromatic rings. The van der Waals surface area contributed by atoms with Gasteiger partial charge >= 0.3 is 0 Å². The second kappa shape index (κ2) is 8.13. The number of aromatic nitrogens is 2. The average molecular weight is 389 g/mol. The molecule has 0 radical (unpaired) electrons. The lowest BCUT2D eigenvalue weighted by molar-refractivity contribution is 0.0943. The van der Waals surface area contributed by atoms with Gasteiger partial charge in [-0.05, 0) is 49.8 Å². The molecule has 1 aliphatic rings. The molecule has 1 aromatic carbocycles. The van der Waals surface area contributed by atoms with Crippen LogP contribution in [0.1, 0.15) is 59.1 Å². The van der Waals surface area contributed by atoms with Crippen LogP contribution in [0.3, 0.4) is 0 Å². The van der Waals surface area contributed by atoms with Crippen LogP contribution in [0.25, 0.3) is 0 Å². The van der Waals surface area contributed by atoms with Crippen molar-refractivity contribution in [2.45, 2.75) is 46.6 Å². The first-order chi connectivity index (χ1) is 12.9. The molecule has 3 rings (SSSR count). The van der Waals surface area contributed by atoms with Gasteiger partial charge in [-0.1, -0.05) is 31.5 Å². The summed E-state index contributed by atoms with van der Waals surface area (Å²) in [6, 6.07) is 5.37. The van der Waals surface area contributed by atoms with Gasteiger partial charge in [-0.3, -0.25) is 9.59 Å². The highest BCUT2D eigenvalue weighted by Crippen LogP contribution is 2.25. The molecule has 1 aromatic heterocycles. The highest BCUT2D eigenvalue weighted by molar-refractivity contribution is 6.31. The van der Waals surface area contributed by atoms with E-state index in [1.165, 1.54) is 0 Å². The number of benzene rings is 1. The van der Waals surface area contributed by atoms with Crippen LogP contribution in [0.5, 0.6) is 0 Å². The van der Waals surface area contributed by atoms with Crippen molar-refractivity contribution in [3.05, 3.63) is 46.0 Å². The Labute approximate surface area is 164 Å². The highest BCUT2D eigenvalue weighted by Gasteiger charge is 2.27. The minimum atomic E-state index is -0.327. The largest absolute Gasteiger partial charge is 0.350 e. The number of fused-ring (bicyclic) bond motifs is 1. The van der Waals surface area contributed by atoms with E-state index >= 15 is 0 Å². The van der Waals surface area contributed by atoms with Crippen LogP contribution in [0, 0.1) is 12.8 Å². The van der Waals surface area contributed by atoms with E-state index in [-0.39, 0.29) is 17.6 Å². The quantitative estimate of drug-likeness (QED) is 0.817. The van der Waals surface area contributed by atoms with Gasteiger partial charge in [0.05, 0.1) is 5.69 Å². The molecule has 2 N–H and O–H groups in total. The Bertz CT molecular complexity index is 873. The number of halogens is 1. The zero-order valence-corrected chi connectivity index (χ0v) is 16.7. The number of anilines is 1. The number of rotatable bonds is 5. The first-order valence-corrected chi connectivity index (χ1v) is 9.70. The molecule has 0 aliphatic carbocycles. The average Bonchev–Trinajstić information content (AvgIpc) is 3.03. The number of carbonyl (C=O) groups is 2. The normalized spacial score (nSPS) is 13.4. The number of amides is 2. The molecule has 1 aliphatic heterocycles. The van der Waals surface area contributed by atoms with Crippen molar-refractivity contribution in [1.29, 1.82) is 0 Å². The molecule has 6 nitrogen and oxygen atoms in total. The Balaban J connectivity index is 1.90. The van der Waals surface area contributed by atoms with E-state index in [0.29, 0.717) is 35.4 Å².